The lowest BCUT2D eigenvalue weighted by Gasteiger charge is -2.46. The van der Waals surface area contributed by atoms with E-state index in [1.165, 1.54) is 18.4 Å². The third kappa shape index (κ3) is 4.27. The van der Waals surface area contributed by atoms with Crippen molar-refractivity contribution in [3.63, 3.8) is 0 Å². The molecule has 0 aromatic carbocycles. The van der Waals surface area contributed by atoms with Gasteiger partial charge in [0.25, 0.3) is 0 Å². The molecule has 1 aliphatic carbocycles. The van der Waals surface area contributed by atoms with Crippen LogP contribution in [0, 0.1) is 11.8 Å². The molecule has 4 atom stereocenters. The standard InChI is InChI=1S/C18H31N3/c1-5-20-17-12-14(3)11-15(4)18(17)21(6-2)13-16-7-9-19-10-8-16/h7-10,14-15,17-18,20H,5-6,11-13H2,1-4H3. The van der Waals surface area contributed by atoms with Crippen molar-refractivity contribution in [1.82, 2.24) is 15.2 Å². The van der Waals surface area contributed by atoms with Gasteiger partial charge in [0.2, 0.25) is 0 Å². The molecule has 118 valence electrons. The van der Waals surface area contributed by atoms with Crippen molar-refractivity contribution >= 4 is 0 Å². The monoisotopic (exact) mass is 289 g/mol. The molecule has 1 aromatic heterocycles. The van der Waals surface area contributed by atoms with E-state index in [-0.39, 0.29) is 0 Å². The first-order valence-electron chi connectivity index (χ1n) is 8.52. The minimum atomic E-state index is 0.621. The molecular weight excluding hydrogens is 258 g/mol. The summed E-state index contributed by atoms with van der Waals surface area (Å²) in [6.45, 7) is 12.5. The topological polar surface area (TPSA) is 28.2 Å². The highest BCUT2D eigenvalue weighted by Gasteiger charge is 2.36. The Labute approximate surface area is 130 Å². The van der Waals surface area contributed by atoms with Gasteiger partial charge in [-0.2, -0.15) is 0 Å². The molecule has 1 aromatic rings. The summed E-state index contributed by atoms with van der Waals surface area (Å²) in [7, 11) is 0. The summed E-state index contributed by atoms with van der Waals surface area (Å²) in [5, 5.41) is 3.74. The van der Waals surface area contributed by atoms with Gasteiger partial charge in [0.15, 0.2) is 0 Å². The second-order valence-electron chi connectivity index (χ2n) is 6.63. The number of likely N-dealkylation sites (N-methyl/N-ethyl adjacent to an activating group) is 2. The predicted molar refractivity (Wildman–Crippen MR) is 89.1 cm³/mol. The molecule has 1 fully saturated rings. The first-order chi connectivity index (χ1) is 10.2. The minimum Gasteiger partial charge on any atom is -0.313 e. The van der Waals surface area contributed by atoms with E-state index in [1.54, 1.807) is 0 Å². The fraction of sp³-hybridized carbons (Fsp3) is 0.722. The van der Waals surface area contributed by atoms with Crippen molar-refractivity contribution in [3.8, 4) is 0 Å². The molecule has 21 heavy (non-hydrogen) atoms. The highest BCUT2D eigenvalue weighted by molar-refractivity contribution is 5.10. The van der Waals surface area contributed by atoms with Crippen LogP contribution < -0.4 is 5.32 Å². The van der Waals surface area contributed by atoms with Crippen LogP contribution in [0.15, 0.2) is 24.5 Å². The van der Waals surface area contributed by atoms with Crippen LogP contribution in [0.2, 0.25) is 0 Å². The number of hydrogen-bond donors (Lipinski definition) is 1. The molecule has 1 saturated carbocycles. The average molecular weight is 289 g/mol. The summed E-state index contributed by atoms with van der Waals surface area (Å²) >= 11 is 0. The quantitative estimate of drug-likeness (QED) is 0.871. The van der Waals surface area contributed by atoms with Crippen molar-refractivity contribution in [2.75, 3.05) is 13.1 Å². The molecule has 1 N–H and O–H groups in total. The lowest BCUT2D eigenvalue weighted by molar-refractivity contribution is 0.0600. The van der Waals surface area contributed by atoms with Crippen LogP contribution >= 0.6 is 0 Å². The lowest BCUT2D eigenvalue weighted by atomic mass is 9.75. The van der Waals surface area contributed by atoms with Crippen LogP contribution in [0.4, 0.5) is 0 Å². The van der Waals surface area contributed by atoms with Crippen LogP contribution in [0.1, 0.15) is 46.1 Å². The van der Waals surface area contributed by atoms with E-state index in [0.29, 0.717) is 12.1 Å². The number of pyridine rings is 1. The fourth-order valence-electron chi connectivity index (χ4n) is 4.07. The van der Waals surface area contributed by atoms with E-state index < -0.39 is 0 Å². The molecule has 1 heterocycles. The van der Waals surface area contributed by atoms with E-state index in [9.17, 15) is 0 Å². The summed E-state index contributed by atoms with van der Waals surface area (Å²) in [5.74, 6) is 1.58. The Morgan fingerprint density at radius 2 is 1.90 bits per heavy atom. The maximum absolute atomic E-state index is 4.13. The van der Waals surface area contributed by atoms with E-state index in [2.05, 4.69) is 55.0 Å². The van der Waals surface area contributed by atoms with Crippen molar-refractivity contribution in [2.45, 2.75) is 59.2 Å². The first-order valence-corrected chi connectivity index (χ1v) is 8.52. The normalized spacial score (nSPS) is 29.8. The van der Waals surface area contributed by atoms with Crippen LogP contribution in [-0.2, 0) is 6.54 Å². The SMILES string of the molecule is CCNC1CC(C)CC(C)C1N(CC)Cc1ccncc1. The molecule has 2 rings (SSSR count). The Morgan fingerprint density at radius 3 is 2.52 bits per heavy atom. The molecule has 4 unspecified atom stereocenters. The van der Waals surface area contributed by atoms with E-state index in [4.69, 9.17) is 0 Å². The Balaban J connectivity index is 2.13. The Morgan fingerprint density at radius 1 is 1.19 bits per heavy atom. The van der Waals surface area contributed by atoms with Crippen molar-refractivity contribution in [3.05, 3.63) is 30.1 Å². The van der Waals surface area contributed by atoms with Crippen LogP contribution in [0.25, 0.3) is 0 Å². The smallest absolute Gasteiger partial charge is 0.0278 e. The van der Waals surface area contributed by atoms with Crippen molar-refractivity contribution < 1.29 is 0 Å². The number of nitrogens with zero attached hydrogens (tertiary/aromatic N) is 2. The van der Waals surface area contributed by atoms with E-state index in [0.717, 1.165) is 31.5 Å². The zero-order chi connectivity index (χ0) is 15.2. The summed E-state index contributed by atoms with van der Waals surface area (Å²) in [4.78, 5) is 6.78. The van der Waals surface area contributed by atoms with Gasteiger partial charge < -0.3 is 5.32 Å². The molecule has 3 heteroatoms. The number of hydrogen-bond acceptors (Lipinski definition) is 3. The summed E-state index contributed by atoms with van der Waals surface area (Å²) < 4.78 is 0. The van der Waals surface area contributed by atoms with Crippen LogP contribution in [0.3, 0.4) is 0 Å². The molecule has 1 aliphatic rings. The Kier molecular flexibility index (Phi) is 6.19. The molecule has 0 radical (unpaired) electrons. The Hall–Kier alpha value is -0.930. The van der Waals surface area contributed by atoms with Crippen molar-refractivity contribution in [1.29, 1.82) is 0 Å². The number of rotatable bonds is 6. The lowest BCUT2D eigenvalue weighted by Crippen LogP contribution is -2.56. The van der Waals surface area contributed by atoms with Crippen molar-refractivity contribution in [2.24, 2.45) is 11.8 Å². The predicted octanol–water partition coefficient (Wildman–Crippen LogP) is 3.32. The van der Waals surface area contributed by atoms with Gasteiger partial charge in [0.1, 0.15) is 0 Å². The second kappa shape index (κ2) is 7.90. The van der Waals surface area contributed by atoms with Crippen LogP contribution in [-0.4, -0.2) is 35.1 Å². The summed E-state index contributed by atoms with van der Waals surface area (Å²) in [6.07, 6.45) is 6.45. The number of aromatic nitrogens is 1. The van der Waals surface area contributed by atoms with Gasteiger partial charge in [-0.25, -0.2) is 0 Å². The van der Waals surface area contributed by atoms with Gasteiger partial charge in [-0.05, 0) is 55.5 Å². The molecular formula is C18H31N3. The second-order valence-corrected chi connectivity index (χ2v) is 6.63. The van der Waals surface area contributed by atoms with Gasteiger partial charge >= 0.3 is 0 Å². The van der Waals surface area contributed by atoms with Gasteiger partial charge in [-0.1, -0.05) is 27.7 Å². The molecule has 0 bridgehead atoms. The summed E-state index contributed by atoms with van der Waals surface area (Å²) in [6, 6.07) is 5.54. The van der Waals surface area contributed by atoms with Gasteiger partial charge in [0.05, 0.1) is 0 Å². The number of nitrogens with one attached hydrogen (secondary N) is 1. The first kappa shape index (κ1) is 16.4. The highest BCUT2D eigenvalue weighted by Crippen LogP contribution is 2.33. The summed E-state index contributed by atoms with van der Waals surface area (Å²) in [5.41, 5.74) is 1.37. The zero-order valence-corrected chi connectivity index (χ0v) is 14.0. The molecule has 0 aliphatic heterocycles. The third-order valence-corrected chi connectivity index (χ3v) is 4.85. The molecule has 3 nitrogen and oxygen atoms in total. The maximum atomic E-state index is 4.13. The molecule has 0 amide bonds. The maximum Gasteiger partial charge on any atom is 0.0278 e. The fourth-order valence-corrected chi connectivity index (χ4v) is 4.07. The van der Waals surface area contributed by atoms with E-state index >= 15 is 0 Å². The molecule has 0 spiro atoms. The Bertz CT molecular complexity index is 406. The molecule has 0 saturated heterocycles. The largest absolute Gasteiger partial charge is 0.313 e. The van der Waals surface area contributed by atoms with Gasteiger partial charge in [-0.15, -0.1) is 0 Å². The minimum absolute atomic E-state index is 0.621. The van der Waals surface area contributed by atoms with Crippen LogP contribution in [0.5, 0.6) is 0 Å². The van der Waals surface area contributed by atoms with Gasteiger partial charge in [-0.3, -0.25) is 9.88 Å². The third-order valence-electron chi connectivity index (χ3n) is 4.85. The zero-order valence-electron chi connectivity index (χ0n) is 14.0. The van der Waals surface area contributed by atoms with Gasteiger partial charge in [0, 0.05) is 31.0 Å². The average Bonchev–Trinajstić information content (AvgIpc) is 2.46. The van der Waals surface area contributed by atoms with E-state index in [1.807, 2.05) is 12.4 Å². The highest BCUT2D eigenvalue weighted by atomic mass is 15.2.